The Morgan fingerprint density at radius 3 is 1.89 bits per heavy atom. The van der Waals surface area contributed by atoms with Gasteiger partial charge in [0.05, 0.1) is 10.4 Å². The molecule has 0 bridgehead atoms. The molecule has 0 aliphatic carbocycles. The molecule has 1 unspecified atom stereocenters. The van der Waals surface area contributed by atoms with Crippen molar-refractivity contribution >= 4 is 31.8 Å². The maximum atomic E-state index is 13.8. The van der Waals surface area contributed by atoms with Crippen LogP contribution in [-0.4, -0.2) is 17.0 Å². The van der Waals surface area contributed by atoms with Crippen LogP contribution in [0.4, 0.5) is 0 Å². The molecule has 6 rings (SSSR count). The van der Waals surface area contributed by atoms with Gasteiger partial charge in [0.15, 0.2) is 0 Å². The molecular weight excluding hydrogens is 464 g/mol. The van der Waals surface area contributed by atoms with Gasteiger partial charge in [0.1, 0.15) is 0 Å². The Balaban J connectivity index is 1.65. The van der Waals surface area contributed by atoms with E-state index < -0.39 is 10.0 Å². The normalized spacial score (nSPS) is 12.8. The van der Waals surface area contributed by atoms with Gasteiger partial charge in [-0.2, -0.15) is 0 Å². The third kappa shape index (κ3) is 3.55. The molecule has 0 saturated heterocycles. The largest absolute Gasteiger partial charge is 0.350 e. The first-order valence-corrected chi connectivity index (χ1v) is 13.4. The number of nitrogens with zero attached hydrogens (tertiary/aromatic N) is 2. The number of hydrogen-bond acceptors (Lipinski definition) is 2. The van der Waals surface area contributed by atoms with E-state index in [2.05, 4.69) is 48.1 Å². The Hall–Kier alpha value is -4.09. The fraction of sp³-hybridized carbons (Fsp3) is 0.0968. The van der Waals surface area contributed by atoms with Crippen molar-refractivity contribution in [2.75, 3.05) is 0 Å². The molecule has 1 atom stereocenters. The van der Waals surface area contributed by atoms with Crippen LogP contribution in [0.1, 0.15) is 28.2 Å². The minimum Gasteiger partial charge on any atom is -0.350 e. The quantitative estimate of drug-likeness (QED) is 0.265. The molecule has 2 heterocycles. The van der Waals surface area contributed by atoms with Gasteiger partial charge >= 0.3 is 0 Å². The van der Waals surface area contributed by atoms with Crippen LogP contribution in [0.15, 0.2) is 120 Å². The predicted octanol–water partition coefficient (Wildman–Crippen LogP) is 6.86. The highest BCUT2D eigenvalue weighted by Gasteiger charge is 2.28. The van der Waals surface area contributed by atoms with Gasteiger partial charge in [0.2, 0.25) is 0 Å². The summed E-state index contributed by atoms with van der Waals surface area (Å²) in [6, 6.07) is 33.5. The van der Waals surface area contributed by atoms with E-state index in [-0.39, 0.29) is 10.8 Å². The number of aromatic nitrogens is 2. The summed E-state index contributed by atoms with van der Waals surface area (Å²) in [5, 5.41) is 2.09. The second-order valence-corrected chi connectivity index (χ2v) is 11.1. The summed E-state index contributed by atoms with van der Waals surface area (Å²) < 4.78 is 31.3. The van der Waals surface area contributed by atoms with E-state index >= 15 is 0 Å². The van der Waals surface area contributed by atoms with Gasteiger partial charge in [0, 0.05) is 41.6 Å². The van der Waals surface area contributed by atoms with Crippen LogP contribution in [0.2, 0.25) is 0 Å². The molecule has 6 aromatic rings. The van der Waals surface area contributed by atoms with Gasteiger partial charge < -0.3 is 4.57 Å². The zero-order chi connectivity index (χ0) is 24.9. The van der Waals surface area contributed by atoms with E-state index in [4.69, 9.17) is 0 Å². The smallest absolute Gasteiger partial charge is 0.268 e. The van der Waals surface area contributed by atoms with E-state index in [1.54, 1.807) is 12.1 Å². The fourth-order valence-corrected chi connectivity index (χ4v) is 6.58. The average Bonchev–Trinajstić information content (AvgIpc) is 3.45. The maximum absolute atomic E-state index is 13.8. The van der Waals surface area contributed by atoms with Crippen LogP contribution < -0.4 is 0 Å². The zero-order valence-electron chi connectivity index (χ0n) is 20.2. The van der Waals surface area contributed by atoms with Gasteiger partial charge in [0.25, 0.3) is 10.0 Å². The lowest BCUT2D eigenvalue weighted by atomic mass is 9.85. The van der Waals surface area contributed by atoms with Crippen LogP contribution in [-0.2, 0) is 17.1 Å². The summed E-state index contributed by atoms with van der Waals surface area (Å²) >= 11 is 0. The summed E-state index contributed by atoms with van der Waals surface area (Å²) in [4.78, 5) is 0.279. The van der Waals surface area contributed by atoms with E-state index in [0.29, 0.717) is 5.52 Å². The Labute approximate surface area is 211 Å². The molecule has 0 aliphatic rings. The highest BCUT2D eigenvalue weighted by Crippen LogP contribution is 2.41. The van der Waals surface area contributed by atoms with Crippen molar-refractivity contribution in [3.8, 4) is 0 Å². The molecule has 0 saturated carbocycles. The van der Waals surface area contributed by atoms with Gasteiger partial charge in [-0.1, -0.05) is 84.4 Å². The lowest BCUT2D eigenvalue weighted by molar-refractivity contribution is 0.589. The summed E-state index contributed by atoms with van der Waals surface area (Å²) in [5.41, 5.74) is 6.06. The maximum Gasteiger partial charge on any atom is 0.268 e. The van der Waals surface area contributed by atoms with E-state index in [1.165, 1.54) is 3.97 Å². The van der Waals surface area contributed by atoms with Crippen molar-refractivity contribution in [1.82, 2.24) is 8.54 Å². The Morgan fingerprint density at radius 2 is 1.19 bits per heavy atom. The van der Waals surface area contributed by atoms with Gasteiger partial charge in [-0.25, -0.2) is 12.4 Å². The SMILES string of the molecule is Cc1ccc(S(=O)(=O)n2cc(C(c3ccccc3)c3cn(C)c4ccccc34)c3ccccc32)cc1. The first kappa shape index (κ1) is 22.4. The number of rotatable bonds is 5. The number of hydrogen-bond donors (Lipinski definition) is 0. The van der Waals surface area contributed by atoms with E-state index in [9.17, 15) is 8.42 Å². The molecule has 0 aliphatic heterocycles. The minimum absolute atomic E-state index is 0.142. The van der Waals surface area contributed by atoms with Crippen molar-refractivity contribution in [3.63, 3.8) is 0 Å². The summed E-state index contributed by atoms with van der Waals surface area (Å²) in [6.45, 7) is 1.95. The summed E-state index contributed by atoms with van der Waals surface area (Å²) in [6.07, 6.45) is 3.99. The number of benzene rings is 4. The highest BCUT2D eigenvalue weighted by molar-refractivity contribution is 7.90. The Kier molecular flexibility index (Phi) is 5.31. The Morgan fingerprint density at radius 1 is 0.639 bits per heavy atom. The van der Waals surface area contributed by atoms with Crippen LogP contribution in [0.5, 0.6) is 0 Å². The predicted molar refractivity (Wildman–Crippen MR) is 146 cm³/mol. The van der Waals surface area contributed by atoms with E-state index in [0.717, 1.165) is 38.5 Å². The van der Waals surface area contributed by atoms with Gasteiger partial charge in [-0.15, -0.1) is 0 Å². The Bertz CT molecular complexity index is 1810. The first-order valence-electron chi connectivity index (χ1n) is 12.0. The van der Waals surface area contributed by atoms with Crippen LogP contribution in [0, 0.1) is 6.92 Å². The molecule has 4 aromatic carbocycles. The van der Waals surface area contributed by atoms with Crippen molar-refractivity contribution in [2.24, 2.45) is 7.05 Å². The molecule has 2 aromatic heterocycles. The van der Waals surface area contributed by atoms with Crippen molar-refractivity contribution in [1.29, 1.82) is 0 Å². The molecule has 0 fully saturated rings. The summed E-state index contributed by atoms with van der Waals surface area (Å²) in [5.74, 6) is -0.142. The number of fused-ring (bicyclic) bond motifs is 2. The van der Waals surface area contributed by atoms with Crippen LogP contribution >= 0.6 is 0 Å². The highest BCUT2D eigenvalue weighted by atomic mass is 32.2. The van der Waals surface area contributed by atoms with Crippen molar-refractivity contribution in [3.05, 3.63) is 138 Å². The minimum atomic E-state index is -3.79. The lowest BCUT2D eigenvalue weighted by Gasteiger charge is -2.17. The molecular formula is C31H26N2O2S. The monoisotopic (exact) mass is 490 g/mol. The molecule has 0 N–H and O–H groups in total. The molecule has 178 valence electrons. The van der Waals surface area contributed by atoms with Gasteiger partial charge in [-0.3, -0.25) is 0 Å². The second kappa shape index (κ2) is 8.54. The molecule has 4 nitrogen and oxygen atoms in total. The summed E-state index contributed by atoms with van der Waals surface area (Å²) in [7, 11) is -1.73. The first-order chi connectivity index (χ1) is 17.4. The lowest BCUT2D eigenvalue weighted by Crippen LogP contribution is -2.12. The third-order valence-corrected chi connectivity index (χ3v) is 8.66. The second-order valence-electron chi connectivity index (χ2n) is 9.27. The van der Waals surface area contributed by atoms with E-state index in [1.807, 2.05) is 73.8 Å². The van der Waals surface area contributed by atoms with Crippen LogP contribution in [0.25, 0.3) is 21.8 Å². The standard InChI is InChI=1S/C31H26N2O2S/c1-22-16-18-24(19-17-22)36(34,35)33-21-28(26-13-7-9-15-30(26)33)31(23-10-4-3-5-11-23)27-20-32(2)29-14-8-6-12-25(27)29/h3-21,31H,1-2H3. The number of para-hydroxylation sites is 2. The average molecular weight is 491 g/mol. The van der Waals surface area contributed by atoms with Gasteiger partial charge in [-0.05, 0) is 47.9 Å². The molecule has 0 spiro atoms. The molecule has 0 amide bonds. The zero-order valence-corrected chi connectivity index (χ0v) is 21.0. The molecule has 0 radical (unpaired) electrons. The third-order valence-electron chi connectivity index (χ3n) is 6.97. The fourth-order valence-electron chi connectivity index (χ4n) is 5.20. The molecule has 36 heavy (non-hydrogen) atoms. The molecule has 5 heteroatoms. The topological polar surface area (TPSA) is 44.0 Å². The van der Waals surface area contributed by atoms with Crippen molar-refractivity contribution in [2.45, 2.75) is 17.7 Å². The van der Waals surface area contributed by atoms with Crippen LogP contribution in [0.3, 0.4) is 0 Å². The van der Waals surface area contributed by atoms with Crippen molar-refractivity contribution < 1.29 is 8.42 Å². The number of aryl methyl sites for hydroxylation is 2.